The lowest BCUT2D eigenvalue weighted by atomic mass is 9.92. The fraction of sp³-hybridized carbons (Fsp3) is 0.167. The predicted molar refractivity (Wildman–Crippen MR) is 106 cm³/mol. The van der Waals surface area contributed by atoms with E-state index in [1.54, 1.807) is 0 Å². The van der Waals surface area contributed by atoms with Gasteiger partial charge in [0, 0.05) is 17.8 Å². The van der Waals surface area contributed by atoms with E-state index in [-0.39, 0.29) is 10.8 Å². The number of nitrogens with one attached hydrogen (secondary N) is 3. The molecular weight excluding hydrogens is 382 g/mol. The van der Waals surface area contributed by atoms with Crippen molar-refractivity contribution in [1.82, 2.24) is 15.8 Å². The van der Waals surface area contributed by atoms with Crippen LogP contribution in [0.3, 0.4) is 0 Å². The van der Waals surface area contributed by atoms with Crippen LogP contribution in [0.25, 0.3) is 0 Å². The molecule has 28 heavy (non-hydrogen) atoms. The number of carbonyl (C=O) groups excluding carboxylic acids is 2. The van der Waals surface area contributed by atoms with Crippen LogP contribution in [0.1, 0.15) is 18.1 Å². The van der Waals surface area contributed by atoms with Crippen molar-refractivity contribution in [2.75, 3.05) is 5.32 Å². The number of imide groups is 1. The van der Waals surface area contributed by atoms with Gasteiger partial charge >= 0.3 is 6.03 Å². The molecule has 0 aliphatic carbocycles. The van der Waals surface area contributed by atoms with Crippen LogP contribution in [0.4, 0.5) is 16.2 Å². The molecule has 10 heteroatoms. The molecule has 1 aliphatic rings. The van der Waals surface area contributed by atoms with Crippen LogP contribution in [-0.2, 0) is 10.3 Å². The summed E-state index contributed by atoms with van der Waals surface area (Å²) in [4.78, 5) is 35.4. The maximum atomic E-state index is 12.8. The van der Waals surface area contributed by atoms with Crippen molar-refractivity contribution in [2.24, 2.45) is 0 Å². The molecule has 1 aliphatic heterocycles. The summed E-state index contributed by atoms with van der Waals surface area (Å²) in [7, 11) is 0. The number of rotatable bonds is 4. The predicted octanol–water partition coefficient (Wildman–Crippen LogP) is 2.57. The maximum Gasteiger partial charge on any atom is 0.344 e. The molecule has 0 unspecified atom stereocenters. The molecule has 0 aromatic heterocycles. The van der Waals surface area contributed by atoms with Gasteiger partial charge in [0.15, 0.2) is 5.11 Å². The van der Waals surface area contributed by atoms with Gasteiger partial charge < -0.3 is 10.6 Å². The Kier molecular flexibility index (Phi) is 4.97. The van der Waals surface area contributed by atoms with Crippen LogP contribution in [-0.4, -0.2) is 27.0 Å². The number of hydrogen-bond acceptors (Lipinski definition) is 5. The van der Waals surface area contributed by atoms with Gasteiger partial charge in [0.1, 0.15) is 5.54 Å². The van der Waals surface area contributed by atoms with Crippen molar-refractivity contribution in [3.63, 3.8) is 0 Å². The molecule has 0 radical (unpaired) electrons. The largest absolute Gasteiger partial charge is 0.344 e. The molecule has 144 valence electrons. The molecule has 1 saturated heterocycles. The molecule has 3 N–H and O–H groups in total. The molecule has 3 rings (SSSR count). The van der Waals surface area contributed by atoms with Gasteiger partial charge in [0.2, 0.25) is 0 Å². The number of non-ortho nitro benzene ring substituents is 1. The summed E-state index contributed by atoms with van der Waals surface area (Å²) < 4.78 is 0. The summed E-state index contributed by atoms with van der Waals surface area (Å²) in [5.41, 5.74) is 3.29. The van der Waals surface area contributed by atoms with E-state index in [0.29, 0.717) is 11.3 Å². The molecule has 0 bridgehead atoms. The number of anilines is 1. The highest BCUT2D eigenvalue weighted by Crippen LogP contribution is 2.29. The Hall–Kier alpha value is -3.53. The molecule has 1 fully saturated rings. The lowest BCUT2D eigenvalue weighted by Crippen LogP contribution is -2.49. The zero-order chi connectivity index (χ0) is 20.5. The molecule has 3 amide bonds. The lowest BCUT2D eigenvalue weighted by Gasteiger charge is -2.22. The fourth-order valence-electron chi connectivity index (χ4n) is 2.75. The number of nitro groups is 1. The van der Waals surface area contributed by atoms with Gasteiger partial charge in [-0.2, -0.15) is 5.01 Å². The summed E-state index contributed by atoms with van der Waals surface area (Å²) in [6, 6.07) is 12.2. The minimum Gasteiger partial charge on any atom is -0.331 e. The van der Waals surface area contributed by atoms with Crippen molar-refractivity contribution in [3.8, 4) is 0 Å². The molecular formula is C18H17N5O4S. The number of carbonyl (C=O) groups is 2. The van der Waals surface area contributed by atoms with Crippen molar-refractivity contribution in [2.45, 2.75) is 19.4 Å². The smallest absolute Gasteiger partial charge is 0.331 e. The van der Waals surface area contributed by atoms with Crippen molar-refractivity contribution in [1.29, 1.82) is 0 Å². The number of urea groups is 1. The van der Waals surface area contributed by atoms with E-state index in [1.807, 2.05) is 31.2 Å². The van der Waals surface area contributed by atoms with E-state index >= 15 is 0 Å². The van der Waals surface area contributed by atoms with Gasteiger partial charge in [-0.05, 0) is 55.9 Å². The second-order valence-electron chi connectivity index (χ2n) is 6.43. The first-order valence-corrected chi connectivity index (χ1v) is 8.67. The van der Waals surface area contributed by atoms with Gasteiger partial charge in [0.25, 0.3) is 11.6 Å². The number of hydrogen-bond donors (Lipinski definition) is 3. The fourth-order valence-corrected chi connectivity index (χ4v) is 2.96. The van der Waals surface area contributed by atoms with E-state index in [1.165, 1.54) is 31.2 Å². The third-order valence-corrected chi connectivity index (χ3v) is 4.56. The molecule has 0 spiro atoms. The molecule has 1 heterocycles. The molecule has 2 aromatic carbocycles. The first-order valence-electron chi connectivity index (χ1n) is 8.26. The first-order chi connectivity index (χ1) is 13.2. The van der Waals surface area contributed by atoms with Gasteiger partial charge in [-0.25, -0.2) is 4.79 Å². The van der Waals surface area contributed by atoms with E-state index in [4.69, 9.17) is 12.2 Å². The molecule has 1 atom stereocenters. The number of thiocarbonyl (C=S) groups is 1. The standard InChI is InChI=1S/C18H17N5O4S/c1-11-3-7-13(8-4-11)19-16(28)21-22-15(24)18(2,20-17(22)25)12-5-9-14(10-6-12)23(26)27/h3-10H,1-2H3,(H,20,25)(H2,19,21,28)/t18-/m1/s1. The summed E-state index contributed by atoms with van der Waals surface area (Å²) in [5.74, 6) is -0.584. The zero-order valence-corrected chi connectivity index (χ0v) is 15.9. The Bertz CT molecular complexity index is 961. The summed E-state index contributed by atoms with van der Waals surface area (Å²) in [6.07, 6.45) is 0. The monoisotopic (exact) mass is 399 g/mol. The third kappa shape index (κ3) is 3.62. The van der Waals surface area contributed by atoms with E-state index in [0.717, 1.165) is 10.6 Å². The number of aryl methyl sites for hydroxylation is 1. The lowest BCUT2D eigenvalue weighted by molar-refractivity contribution is -0.384. The van der Waals surface area contributed by atoms with Crippen LogP contribution >= 0.6 is 12.2 Å². The Morgan fingerprint density at radius 3 is 2.32 bits per heavy atom. The average Bonchev–Trinajstić information content (AvgIpc) is 2.88. The highest BCUT2D eigenvalue weighted by atomic mass is 32.1. The zero-order valence-electron chi connectivity index (χ0n) is 15.1. The topological polar surface area (TPSA) is 117 Å². The summed E-state index contributed by atoms with van der Waals surface area (Å²) in [6.45, 7) is 3.47. The average molecular weight is 399 g/mol. The Balaban J connectivity index is 1.74. The maximum absolute atomic E-state index is 12.8. The first kappa shape index (κ1) is 19.2. The number of nitro benzene ring substituents is 1. The van der Waals surface area contributed by atoms with Gasteiger partial charge in [-0.1, -0.05) is 17.7 Å². The SMILES string of the molecule is Cc1ccc(NC(=S)NN2C(=O)N[C@](C)(c3ccc([N+](=O)[O-])cc3)C2=O)cc1. The minimum atomic E-state index is -1.38. The van der Waals surface area contributed by atoms with E-state index in [2.05, 4.69) is 16.1 Å². The number of benzene rings is 2. The van der Waals surface area contributed by atoms with Crippen LogP contribution in [0.15, 0.2) is 48.5 Å². The van der Waals surface area contributed by atoms with Crippen LogP contribution < -0.4 is 16.1 Å². The molecule has 0 saturated carbocycles. The van der Waals surface area contributed by atoms with Crippen molar-refractivity contribution in [3.05, 3.63) is 69.8 Å². The highest BCUT2D eigenvalue weighted by Gasteiger charge is 2.49. The van der Waals surface area contributed by atoms with E-state index in [9.17, 15) is 19.7 Å². The normalized spacial score (nSPS) is 18.6. The van der Waals surface area contributed by atoms with Crippen LogP contribution in [0, 0.1) is 17.0 Å². The highest BCUT2D eigenvalue weighted by molar-refractivity contribution is 7.80. The van der Waals surface area contributed by atoms with Crippen LogP contribution in [0.2, 0.25) is 0 Å². The van der Waals surface area contributed by atoms with Gasteiger partial charge in [-0.15, -0.1) is 0 Å². The Labute approximate surface area is 165 Å². The van der Waals surface area contributed by atoms with E-state index < -0.39 is 22.4 Å². The second kappa shape index (κ2) is 7.24. The third-order valence-electron chi connectivity index (χ3n) is 4.37. The summed E-state index contributed by atoms with van der Waals surface area (Å²) >= 11 is 5.18. The molecule has 2 aromatic rings. The summed E-state index contributed by atoms with van der Waals surface area (Å²) in [5, 5.41) is 17.1. The number of hydrazine groups is 1. The number of amides is 3. The van der Waals surface area contributed by atoms with Crippen LogP contribution in [0.5, 0.6) is 0 Å². The Morgan fingerprint density at radius 1 is 1.14 bits per heavy atom. The number of nitrogens with zero attached hydrogens (tertiary/aromatic N) is 2. The second-order valence-corrected chi connectivity index (χ2v) is 6.84. The van der Waals surface area contributed by atoms with Crippen molar-refractivity contribution < 1.29 is 14.5 Å². The quantitative estimate of drug-likeness (QED) is 0.313. The molecule has 9 nitrogen and oxygen atoms in total. The Morgan fingerprint density at radius 2 is 1.75 bits per heavy atom. The minimum absolute atomic E-state index is 0.0697. The van der Waals surface area contributed by atoms with Gasteiger partial charge in [0.05, 0.1) is 4.92 Å². The van der Waals surface area contributed by atoms with Crippen molar-refractivity contribution >= 4 is 40.6 Å². The van der Waals surface area contributed by atoms with Gasteiger partial charge in [-0.3, -0.25) is 20.3 Å².